The van der Waals surface area contributed by atoms with Crippen LogP contribution in [0.5, 0.6) is 0 Å². The Bertz CT molecular complexity index is 961. The standard InChI is InChI=1S/C30H47BrN2O5S/c1-9-12-13-15-38-27(37)21-22-25(35)33(19(11-3)17-34)24(30(22)16-20(31)23(21)39-30)26(36)32(14-10-2)29(7,8)18-28(4,5)6/h9-10,19-24,34H,1-2,11-18H2,3-8H3/t19-,20?,21+,22-,23+,24?,30?/m0/s1. The molecule has 3 aliphatic heterocycles. The summed E-state index contributed by atoms with van der Waals surface area (Å²) in [6, 6.07) is -1.31. The summed E-state index contributed by atoms with van der Waals surface area (Å²) in [7, 11) is 0. The van der Waals surface area contributed by atoms with E-state index in [-0.39, 0.29) is 46.5 Å². The molecule has 2 amide bonds. The second-order valence-electron chi connectivity index (χ2n) is 13.0. The number of carbonyl (C=O) groups excluding carboxylic acids is 3. The summed E-state index contributed by atoms with van der Waals surface area (Å²) in [4.78, 5) is 46.0. The number of halogens is 1. The molecule has 0 aliphatic carbocycles. The number of fused-ring (bicyclic) bond motifs is 1. The third-order valence-electron chi connectivity index (χ3n) is 8.38. The van der Waals surface area contributed by atoms with Crippen LogP contribution >= 0.6 is 27.7 Å². The molecule has 3 heterocycles. The summed E-state index contributed by atoms with van der Waals surface area (Å²) < 4.78 is 4.89. The molecule has 0 aromatic heterocycles. The highest BCUT2D eigenvalue weighted by Crippen LogP contribution is 2.68. The van der Waals surface area contributed by atoms with Gasteiger partial charge in [0.1, 0.15) is 6.04 Å². The zero-order chi connectivity index (χ0) is 29.3. The number of alkyl halides is 1. The number of hydrogen-bond donors (Lipinski definition) is 1. The van der Waals surface area contributed by atoms with Crippen molar-refractivity contribution in [3.63, 3.8) is 0 Å². The van der Waals surface area contributed by atoms with E-state index in [4.69, 9.17) is 4.74 Å². The fourth-order valence-corrected chi connectivity index (χ4v) is 10.8. The number of likely N-dealkylation sites (tertiary alicyclic amines) is 1. The van der Waals surface area contributed by atoms with Crippen molar-refractivity contribution in [3.8, 4) is 0 Å². The summed E-state index contributed by atoms with van der Waals surface area (Å²) in [5.41, 5.74) is -0.541. The highest BCUT2D eigenvalue weighted by atomic mass is 79.9. The van der Waals surface area contributed by atoms with Crippen LogP contribution in [0.4, 0.5) is 0 Å². The lowest BCUT2D eigenvalue weighted by atomic mass is 9.70. The van der Waals surface area contributed by atoms with Gasteiger partial charge in [0.15, 0.2) is 0 Å². The van der Waals surface area contributed by atoms with E-state index in [0.717, 1.165) is 12.8 Å². The van der Waals surface area contributed by atoms with E-state index >= 15 is 0 Å². The number of allylic oxidation sites excluding steroid dienone is 1. The van der Waals surface area contributed by atoms with Crippen LogP contribution in [-0.2, 0) is 19.1 Å². The van der Waals surface area contributed by atoms with E-state index in [0.29, 0.717) is 25.8 Å². The van der Waals surface area contributed by atoms with Crippen molar-refractivity contribution in [2.75, 3.05) is 19.8 Å². The Morgan fingerprint density at radius 1 is 1.28 bits per heavy atom. The summed E-state index contributed by atoms with van der Waals surface area (Å²) in [6.07, 6.45) is 6.79. The van der Waals surface area contributed by atoms with Gasteiger partial charge in [0, 0.05) is 22.2 Å². The normalized spacial score (nSPS) is 30.7. The van der Waals surface area contributed by atoms with Crippen molar-refractivity contribution in [2.24, 2.45) is 17.3 Å². The van der Waals surface area contributed by atoms with Crippen LogP contribution in [0.3, 0.4) is 0 Å². The minimum absolute atomic E-state index is 0.0304. The summed E-state index contributed by atoms with van der Waals surface area (Å²) >= 11 is 5.40. The molecule has 39 heavy (non-hydrogen) atoms. The Morgan fingerprint density at radius 3 is 2.49 bits per heavy atom. The molecule has 9 heteroatoms. The number of unbranched alkanes of at least 4 members (excludes halogenated alkanes) is 1. The van der Waals surface area contributed by atoms with Gasteiger partial charge in [-0.05, 0) is 51.4 Å². The molecule has 3 aliphatic rings. The number of ether oxygens (including phenoxy) is 1. The number of nitrogens with zero attached hydrogens (tertiary/aromatic N) is 2. The predicted molar refractivity (Wildman–Crippen MR) is 161 cm³/mol. The molecule has 3 fully saturated rings. The lowest BCUT2D eigenvalue weighted by Crippen LogP contribution is -2.61. The van der Waals surface area contributed by atoms with Crippen molar-refractivity contribution in [1.29, 1.82) is 0 Å². The van der Waals surface area contributed by atoms with Crippen LogP contribution in [-0.4, -0.2) is 84.9 Å². The van der Waals surface area contributed by atoms with Crippen molar-refractivity contribution in [1.82, 2.24) is 9.80 Å². The van der Waals surface area contributed by atoms with Crippen LogP contribution in [0, 0.1) is 17.3 Å². The van der Waals surface area contributed by atoms with Gasteiger partial charge < -0.3 is 19.6 Å². The number of rotatable bonds is 13. The molecule has 1 spiro atoms. The Morgan fingerprint density at radius 2 is 1.95 bits per heavy atom. The molecule has 3 unspecified atom stereocenters. The van der Waals surface area contributed by atoms with E-state index in [1.807, 2.05) is 11.8 Å². The molecule has 3 rings (SSSR count). The molecule has 0 radical (unpaired) electrons. The molecule has 3 saturated heterocycles. The average molecular weight is 628 g/mol. The second kappa shape index (κ2) is 12.3. The Kier molecular flexibility index (Phi) is 10.1. The van der Waals surface area contributed by atoms with Gasteiger partial charge in [-0.3, -0.25) is 14.4 Å². The van der Waals surface area contributed by atoms with Crippen molar-refractivity contribution in [2.45, 2.75) is 106 Å². The highest BCUT2D eigenvalue weighted by molar-refractivity contribution is 9.09. The van der Waals surface area contributed by atoms with Crippen molar-refractivity contribution in [3.05, 3.63) is 25.3 Å². The number of aliphatic hydroxyl groups excluding tert-OH is 1. The van der Waals surface area contributed by atoms with Crippen LogP contribution in [0.15, 0.2) is 25.3 Å². The number of amides is 2. The van der Waals surface area contributed by atoms with Crippen LogP contribution in [0.1, 0.15) is 73.6 Å². The maximum absolute atomic E-state index is 14.8. The average Bonchev–Trinajstić information content (AvgIpc) is 3.43. The number of esters is 1. The quantitative estimate of drug-likeness (QED) is 0.135. The molecule has 220 valence electrons. The topological polar surface area (TPSA) is 87.2 Å². The van der Waals surface area contributed by atoms with Gasteiger partial charge in [0.2, 0.25) is 11.8 Å². The van der Waals surface area contributed by atoms with Gasteiger partial charge in [-0.15, -0.1) is 24.9 Å². The molecule has 0 aromatic rings. The van der Waals surface area contributed by atoms with E-state index in [1.54, 1.807) is 28.8 Å². The summed E-state index contributed by atoms with van der Waals surface area (Å²) in [6.45, 7) is 20.5. The Balaban J connectivity index is 2.08. The molecule has 0 aromatic carbocycles. The van der Waals surface area contributed by atoms with Crippen LogP contribution in [0.25, 0.3) is 0 Å². The molecular formula is C30H47BrN2O5S. The monoisotopic (exact) mass is 626 g/mol. The summed E-state index contributed by atoms with van der Waals surface area (Å²) in [5, 5.41) is 10.2. The number of hydrogen-bond acceptors (Lipinski definition) is 6. The van der Waals surface area contributed by atoms with Gasteiger partial charge in [0.05, 0.1) is 35.8 Å². The molecule has 7 nitrogen and oxygen atoms in total. The van der Waals surface area contributed by atoms with Gasteiger partial charge in [-0.25, -0.2) is 0 Å². The van der Waals surface area contributed by atoms with Gasteiger partial charge in [-0.1, -0.05) is 55.8 Å². The SMILES string of the molecule is C=CCCCOC(=O)[C@H]1[C@@H]2SC3(CC2Br)C(C(=O)N(CC=C)C(C)(C)CC(C)(C)C)N([C@@H](CC)CO)C(=O)[C@H]13. The first-order chi connectivity index (χ1) is 18.2. The third-order valence-corrected chi connectivity index (χ3v) is 11.6. The largest absolute Gasteiger partial charge is 0.465 e. The first-order valence-corrected chi connectivity index (χ1v) is 15.9. The van der Waals surface area contributed by atoms with E-state index < -0.39 is 34.2 Å². The molecular weight excluding hydrogens is 580 g/mol. The van der Waals surface area contributed by atoms with Gasteiger partial charge in [0.25, 0.3) is 0 Å². The number of thioether (sulfide) groups is 1. The first-order valence-electron chi connectivity index (χ1n) is 14.2. The number of carbonyl (C=O) groups is 3. The predicted octanol–water partition coefficient (Wildman–Crippen LogP) is 4.96. The fourth-order valence-electron chi connectivity index (χ4n) is 7.23. The Hall–Kier alpha value is -1.32. The highest BCUT2D eigenvalue weighted by Gasteiger charge is 2.76. The lowest BCUT2D eigenvalue weighted by molar-refractivity contribution is -0.154. The van der Waals surface area contributed by atoms with E-state index in [2.05, 4.69) is 63.7 Å². The van der Waals surface area contributed by atoms with E-state index in [9.17, 15) is 19.5 Å². The lowest BCUT2D eigenvalue weighted by Gasteiger charge is -2.46. The van der Waals surface area contributed by atoms with Crippen molar-refractivity contribution >= 4 is 45.5 Å². The first kappa shape index (κ1) is 32.2. The minimum Gasteiger partial charge on any atom is -0.465 e. The maximum Gasteiger partial charge on any atom is 0.310 e. The maximum atomic E-state index is 14.8. The molecule has 7 atom stereocenters. The van der Waals surface area contributed by atoms with Crippen molar-refractivity contribution < 1.29 is 24.2 Å². The molecule has 0 saturated carbocycles. The van der Waals surface area contributed by atoms with Gasteiger partial charge in [-0.2, -0.15) is 0 Å². The zero-order valence-corrected chi connectivity index (χ0v) is 26.9. The van der Waals surface area contributed by atoms with Crippen LogP contribution < -0.4 is 0 Å². The minimum atomic E-state index is -0.792. The van der Waals surface area contributed by atoms with Gasteiger partial charge >= 0.3 is 5.97 Å². The molecule has 1 N–H and O–H groups in total. The van der Waals surface area contributed by atoms with E-state index in [1.165, 1.54) is 0 Å². The number of aliphatic hydroxyl groups is 1. The fraction of sp³-hybridized carbons (Fsp3) is 0.767. The zero-order valence-electron chi connectivity index (χ0n) is 24.5. The smallest absolute Gasteiger partial charge is 0.310 e. The third kappa shape index (κ3) is 6.01. The Labute approximate surface area is 247 Å². The second-order valence-corrected chi connectivity index (χ2v) is 15.8. The molecule has 2 bridgehead atoms. The van der Waals surface area contributed by atoms with Crippen LogP contribution in [0.2, 0.25) is 0 Å². The summed E-state index contributed by atoms with van der Waals surface area (Å²) in [5.74, 6) is -2.04.